The molecule has 0 spiro atoms. The summed E-state index contributed by atoms with van der Waals surface area (Å²) in [5.41, 5.74) is 0.944. The standard InChI is InChI=1S/C17H24N2O2/c20-16(13-5-2-1-3-6-13)11-15-7-4-10-19(15)17(21)14-8-9-18-12-14/h1-3,5-6,14-16,18,20H,4,7-12H2. The fourth-order valence-electron chi connectivity index (χ4n) is 3.54. The molecule has 2 aliphatic rings. The molecule has 4 nitrogen and oxygen atoms in total. The van der Waals surface area contributed by atoms with Crippen LogP contribution in [0, 0.1) is 5.92 Å². The Kier molecular flexibility index (Phi) is 4.56. The summed E-state index contributed by atoms with van der Waals surface area (Å²) in [6, 6.07) is 9.93. The van der Waals surface area contributed by atoms with Crippen molar-refractivity contribution in [3.05, 3.63) is 35.9 Å². The van der Waals surface area contributed by atoms with Crippen LogP contribution in [0.2, 0.25) is 0 Å². The Balaban J connectivity index is 1.62. The maximum Gasteiger partial charge on any atom is 0.227 e. The van der Waals surface area contributed by atoms with Crippen LogP contribution in [0.25, 0.3) is 0 Å². The molecule has 1 aromatic carbocycles. The van der Waals surface area contributed by atoms with Crippen molar-refractivity contribution in [3.8, 4) is 0 Å². The summed E-state index contributed by atoms with van der Waals surface area (Å²) >= 11 is 0. The number of amides is 1. The maximum absolute atomic E-state index is 12.6. The molecule has 2 fully saturated rings. The fraction of sp³-hybridized carbons (Fsp3) is 0.588. The highest BCUT2D eigenvalue weighted by Crippen LogP contribution is 2.29. The summed E-state index contributed by atoms with van der Waals surface area (Å²) in [6.07, 6.45) is 3.18. The lowest BCUT2D eigenvalue weighted by Crippen LogP contribution is -2.41. The molecule has 0 aromatic heterocycles. The minimum Gasteiger partial charge on any atom is -0.388 e. The van der Waals surface area contributed by atoms with Crippen LogP contribution in [0.5, 0.6) is 0 Å². The molecule has 3 rings (SSSR count). The lowest BCUT2D eigenvalue weighted by atomic mass is 9.99. The third-order valence-corrected chi connectivity index (χ3v) is 4.75. The van der Waals surface area contributed by atoms with Gasteiger partial charge in [-0.2, -0.15) is 0 Å². The molecule has 1 aromatic rings. The van der Waals surface area contributed by atoms with Crippen LogP contribution in [0.1, 0.15) is 37.4 Å². The average molecular weight is 288 g/mol. The van der Waals surface area contributed by atoms with Crippen LogP contribution in [0.4, 0.5) is 0 Å². The number of hydrogen-bond acceptors (Lipinski definition) is 3. The van der Waals surface area contributed by atoms with E-state index in [0.717, 1.165) is 44.5 Å². The van der Waals surface area contributed by atoms with E-state index in [4.69, 9.17) is 0 Å². The Morgan fingerprint density at radius 2 is 2.14 bits per heavy atom. The second-order valence-corrected chi connectivity index (χ2v) is 6.18. The van der Waals surface area contributed by atoms with Gasteiger partial charge in [0.1, 0.15) is 0 Å². The molecule has 0 bridgehead atoms. The second kappa shape index (κ2) is 6.58. The van der Waals surface area contributed by atoms with Crippen molar-refractivity contribution < 1.29 is 9.90 Å². The van der Waals surface area contributed by atoms with E-state index in [0.29, 0.717) is 6.42 Å². The fourth-order valence-corrected chi connectivity index (χ4v) is 3.54. The first kappa shape index (κ1) is 14.5. The van der Waals surface area contributed by atoms with Gasteiger partial charge in [-0.25, -0.2) is 0 Å². The number of carbonyl (C=O) groups excluding carboxylic acids is 1. The molecular formula is C17H24N2O2. The van der Waals surface area contributed by atoms with Crippen LogP contribution >= 0.6 is 0 Å². The van der Waals surface area contributed by atoms with E-state index >= 15 is 0 Å². The zero-order chi connectivity index (χ0) is 14.7. The van der Waals surface area contributed by atoms with Gasteiger partial charge >= 0.3 is 0 Å². The Morgan fingerprint density at radius 1 is 1.33 bits per heavy atom. The summed E-state index contributed by atoms with van der Waals surface area (Å²) in [5.74, 6) is 0.419. The highest BCUT2D eigenvalue weighted by Gasteiger charge is 2.35. The van der Waals surface area contributed by atoms with Gasteiger partial charge in [-0.15, -0.1) is 0 Å². The second-order valence-electron chi connectivity index (χ2n) is 6.18. The van der Waals surface area contributed by atoms with Crippen molar-refractivity contribution >= 4 is 5.91 Å². The number of aliphatic hydroxyl groups is 1. The van der Waals surface area contributed by atoms with Gasteiger partial charge in [0.15, 0.2) is 0 Å². The van der Waals surface area contributed by atoms with Gasteiger partial charge in [-0.3, -0.25) is 4.79 Å². The Morgan fingerprint density at radius 3 is 2.86 bits per heavy atom. The van der Waals surface area contributed by atoms with Gasteiger partial charge < -0.3 is 15.3 Å². The molecule has 2 saturated heterocycles. The van der Waals surface area contributed by atoms with Crippen LogP contribution in [0.3, 0.4) is 0 Å². The van der Waals surface area contributed by atoms with Crippen LogP contribution in [-0.4, -0.2) is 41.6 Å². The summed E-state index contributed by atoms with van der Waals surface area (Å²) in [5, 5.41) is 13.7. The number of aliphatic hydroxyl groups excluding tert-OH is 1. The van der Waals surface area contributed by atoms with E-state index in [2.05, 4.69) is 5.32 Å². The van der Waals surface area contributed by atoms with Crippen molar-refractivity contribution in [3.63, 3.8) is 0 Å². The predicted octanol–water partition coefficient (Wildman–Crippen LogP) is 1.71. The SMILES string of the molecule is O=C(C1CCNC1)N1CCCC1CC(O)c1ccccc1. The summed E-state index contributed by atoms with van der Waals surface area (Å²) in [7, 11) is 0. The van der Waals surface area contributed by atoms with Gasteiger partial charge in [0, 0.05) is 19.1 Å². The highest BCUT2D eigenvalue weighted by molar-refractivity contribution is 5.80. The number of carbonyl (C=O) groups is 1. The molecule has 0 saturated carbocycles. The highest BCUT2D eigenvalue weighted by atomic mass is 16.3. The van der Waals surface area contributed by atoms with Gasteiger partial charge in [0.25, 0.3) is 0 Å². The largest absolute Gasteiger partial charge is 0.388 e. The van der Waals surface area contributed by atoms with Crippen molar-refractivity contribution in [2.45, 2.75) is 37.8 Å². The zero-order valence-electron chi connectivity index (χ0n) is 12.4. The number of hydrogen-bond donors (Lipinski definition) is 2. The molecule has 0 radical (unpaired) electrons. The topological polar surface area (TPSA) is 52.6 Å². The van der Waals surface area contributed by atoms with Crippen LogP contribution in [-0.2, 0) is 4.79 Å². The number of nitrogens with zero attached hydrogens (tertiary/aromatic N) is 1. The van der Waals surface area contributed by atoms with Crippen molar-refractivity contribution in [1.82, 2.24) is 10.2 Å². The molecule has 1 amide bonds. The van der Waals surface area contributed by atoms with Gasteiger partial charge in [-0.1, -0.05) is 30.3 Å². The van der Waals surface area contributed by atoms with Gasteiger partial charge in [-0.05, 0) is 37.8 Å². The molecule has 3 atom stereocenters. The average Bonchev–Trinajstić information content (AvgIpc) is 3.19. The summed E-state index contributed by atoms with van der Waals surface area (Å²) in [6.45, 7) is 2.60. The lowest BCUT2D eigenvalue weighted by molar-refractivity contribution is -0.136. The van der Waals surface area contributed by atoms with Crippen molar-refractivity contribution in [1.29, 1.82) is 0 Å². The molecule has 21 heavy (non-hydrogen) atoms. The van der Waals surface area contributed by atoms with E-state index in [9.17, 15) is 9.90 Å². The first-order valence-corrected chi connectivity index (χ1v) is 8.00. The van der Waals surface area contributed by atoms with E-state index < -0.39 is 6.10 Å². The number of rotatable bonds is 4. The summed E-state index contributed by atoms with van der Waals surface area (Å²) < 4.78 is 0. The Labute approximate surface area is 126 Å². The van der Waals surface area contributed by atoms with Gasteiger partial charge in [0.05, 0.1) is 12.0 Å². The Bertz CT molecular complexity index is 471. The lowest BCUT2D eigenvalue weighted by Gasteiger charge is -2.28. The molecule has 0 aliphatic carbocycles. The van der Waals surface area contributed by atoms with Gasteiger partial charge in [0.2, 0.25) is 5.91 Å². The first-order chi connectivity index (χ1) is 10.3. The third-order valence-electron chi connectivity index (χ3n) is 4.75. The van der Waals surface area contributed by atoms with Crippen molar-refractivity contribution in [2.24, 2.45) is 5.92 Å². The maximum atomic E-state index is 12.6. The quantitative estimate of drug-likeness (QED) is 0.887. The first-order valence-electron chi connectivity index (χ1n) is 8.00. The predicted molar refractivity (Wildman–Crippen MR) is 81.7 cm³/mol. The normalized spacial score (nSPS) is 27.0. The minimum absolute atomic E-state index is 0.138. The zero-order valence-corrected chi connectivity index (χ0v) is 12.4. The Hall–Kier alpha value is -1.39. The van der Waals surface area contributed by atoms with E-state index in [1.165, 1.54) is 0 Å². The summed E-state index contributed by atoms with van der Waals surface area (Å²) in [4.78, 5) is 14.6. The molecule has 2 N–H and O–H groups in total. The third kappa shape index (κ3) is 3.27. The molecule has 4 heteroatoms. The molecule has 2 heterocycles. The number of nitrogens with one attached hydrogen (secondary N) is 1. The van der Waals surface area contributed by atoms with E-state index in [1.54, 1.807) is 0 Å². The number of likely N-dealkylation sites (tertiary alicyclic amines) is 1. The van der Waals surface area contributed by atoms with E-state index in [-0.39, 0.29) is 17.9 Å². The molecule has 2 aliphatic heterocycles. The van der Waals surface area contributed by atoms with Crippen LogP contribution in [0.15, 0.2) is 30.3 Å². The monoisotopic (exact) mass is 288 g/mol. The van der Waals surface area contributed by atoms with E-state index in [1.807, 2.05) is 35.2 Å². The smallest absolute Gasteiger partial charge is 0.227 e. The van der Waals surface area contributed by atoms with Crippen molar-refractivity contribution in [2.75, 3.05) is 19.6 Å². The number of benzene rings is 1. The minimum atomic E-state index is -0.480. The molecule has 114 valence electrons. The molecule has 3 unspecified atom stereocenters. The molecular weight excluding hydrogens is 264 g/mol. The van der Waals surface area contributed by atoms with Crippen LogP contribution < -0.4 is 5.32 Å².